The summed E-state index contributed by atoms with van der Waals surface area (Å²) in [5.74, 6) is 0. The minimum atomic E-state index is 0.326. The minimum absolute atomic E-state index is 0.326. The largest absolute Gasteiger partial charge is 0.383 e. The van der Waals surface area contributed by atoms with E-state index in [1.807, 2.05) is 0 Å². The van der Waals surface area contributed by atoms with Gasteiger partial charge in [0.1, 0.15) is 0 Å². The average Bonchev–Trinajstić information content (AvgIpc) is 2.77. The molecule has 90 valence electrons. The molecule has 0 aromatic heterocycles. The molecule has 0 aliphatic carbocycles. The van der Waals surface area contributed by atoms with Crippen LogP contribution in [0.4, 0.5) is 0 Å². The van der Waals surface area contributed by atoms with Crippen molar-refractivity contribution in [2.75, 3.05) is 40.0 Å². The Balaban J connectivity index is 2.44. The predicted octanol–water partition coefficient (Wildman–Crippen LogP) is 0.461. The molecule has 4 heteroatoms. The van der Waals surface area contributed by atoms with Crippen molar-refractivity contribution in [3.8, 4) is 0 Å². The number of rotatable bonds is 7. The van der Waals surface area contributed by atoms with Gasteiger partial charge in [-0.15, -0.1) is 0 Å². The molecule has 0 spiro atoms. The van der Waals surface area contributed by atoms with Gasteiger partial charge in [0, 0.05) is 32.8 Å². The van der Waals surface area contributed by atoms with Crippen LogP contribution >= 0.6 is 0 Å². The molecule has 0 aromatic rings. The molecule has 0 amide bonds. The Morgan fingerprint density at radius 3 is 2.87 bits per heavy atom. The summed E-state index contributed by atoms with van der Waals surface area (Å²) in [6.07, 6.45) is 2.64. The second-order valence-corrected chi connectivity index (χ2v) is 3.98. The minimum Gasteiger partial charge on any atom is -0.383 e. The van der Waals surface area contributed by atoms with Crippen LogP contribution in [0.3, 0.4) is 0 Å². The molecule has 1 saturated heterocycles. The predicted molar refractivity (Wildman–Crippen MR) is 60.9 cm³/mol. The number of ether oxygens (including phenoxy) is 2. The van der Waals surface area contributed by atoms with Crippen LogP contribution in [0.15, 0.2) is 0 Å². The zero-order chi connectivity index (χ0) is 11.1. The molecule has 0 bridgehead atoms. The third-order valence-corrected chi connectivity index (χ3v) is 3.09. The van der Waals surface area contributed by atoms with Gasteiger partial charge < -0.3 is 15.2 Å². The Labute approximate surface area is 92.7 Å². The van der Waals surface area contributed by atoms with E-state index in [0.29, 0.717) is 18.7 Å². The highest BCUT2D eigenvalue weighted by Gasteiger charge is 2.28. The van der Waals surface area contributed by atoms with Crippen LogP contribution in [0.1, 0.15) is 19.8 Å². The Hall–Kier alpha value is -0.160. The van der Waals surface area contributed by atoms with Gasteiger partial charge in [0.15, 0.2) is 0 Å². The van der Waals surface area contributed by atoms with Gasteiger partial charge in [-0.2, -0.15) is 0 Å². The van der Waals surface area contributed by atoms with Crippen molar-refractivity contribution in [2.24, 2.45) is 5.73 Å². The molecule has 1 fully saturated rings. The average molecular weight is 216 g/mol. The first kappa shape index (κ1) is 12.9. The summed E-state index contributed by atoms with van der Waals surface area (Å²) in [7, 11) is 1.73. The molecule has 1 aliphatic rings. The first-order valence-corrected chi connectivity index (χ1v) is 5.88. The molecule has 1 heterocycles. The van der Waals surface area contributed by atoms with E-state index in [4.69, 9.17) is 15.2 Å². The molecule has 2 atom stereocenters. The summed E-state index contributed by atoms with van der Waals surface area (Å²) in [4.78, 5) is 2.36. The molecule has 2 N–H and O–H groups in total. The van der Waals surface area contributed by atoms with E-state index in [1.165, 1.54) is 6.42 Å². The maximum atomic E-state index is 5.84. The molecule has 0 saturated carbocycles. The van der Waals surface area contributed by atoms with Gasteiger partial charge >= 0.3 is 0 Å². The van der Waals surface area contributed by atoms with Crippen LogP contribution in [-0.4, -0.2) is 57.0 Å². The van der Waals surface area contributed by atoms with Gasteiger partial charge in [-0.1, -0.05) is 6.92 Å². The summed E-state index contributed by atoms with van der Waals surface area (Å²) in [5.41, 5.74) is 5.84. The normalized spacial score (nSPS) is 23.6. The van der Waals surface area contributed by atoms with Crippen molar-refractivity contribution in [1.82, 2.24) is 4.90 Å². The number of hydrogen-bond donors (Lipinski definition) is 1. The van der Waals surface area contributed by atoms with Gasteiger partial charge in [0.05, 0.1) is 12.7 Å². The lowest BCUT2D eigenvalue weighted by atomic mass is 10.1. The van der Waals surface area contributed by atoms with Gasteiger partial charge in [-0.05, 0) is 19.4 Å². The Morgan fingerprint density at radius 2 is 2.40 bits per heavy atom. The molecule has 0 aromatic carbocycles. The number of hydrogen-bond acceptors (Lipinski definition) is 4. The third-order valence-electron chi connectivity index (χ3n) is 3.09. The Bertz CT molecular complexity index is 161. The van der Waals surface area contributed by atoms with Crippen molar-refractivity contribution in [1.29, 1.82) is 0 Å². The SMILES string of the molecule is CCN(CCOC)C(CN)C1CCCO1. The van der Waals surface area contributed by atoms with E-state index in [-0.39, 0.29) is 0 Å². The first-order chi connectivity index (χ1) is 7.33. The number of nitrogens with zero attached hydrogens (tertiary/aromatic N) is 1. The van der Waals surface area contributed by atoms with E-state index in [0.717, 1.165) is 32.7 Å². The fourth-order valence-corrected chi connectivity index (χ4v) is 2.21. The van der Waals surface area contributed by atoms with Crippen molar-refractivity contribution in [3.05, 3.63) is 0 Å². The quantitative estimate of drug-likeness (QED) is 0.671. The van der Waals surface area contributed by atoms with E-state index in [9.17, 15) is 0 Å². The monoisotopic (exact) mass is 216 g/mol. The number of likely N-dealkylation sites (N-methyl/N-ethyl adjacent to an activating group) is 1. The van der Waals surface area contributed by atoms with E-state index in [1.54, 1.807) is 7.11 Å². The Kier molecular flexibility index (Phi) is 6.17. The molecular formula is C11H24N2O2. The number of methoxy groups -OCH3 is 1. The molecule has 1 aliphatic heterocycles. The standard InChI is InChI=1S/C11H24N2O2/c1-3-13(6-8-14-2)10(9-12)11-5-4-7-15-11/h10-11H,3-9,12H2,1-2H3. The van der Waals surface area contributed by atoms with Crippen molar-refractivity contribution < 1.29 is 9.47 Å². The van der Waals surface area contributed by atoms with E-state index >= 15 is 0 Å². The lowest BCUT2D eigenvalue weighted by Crippen LogP contribution is -2.49. The molecule has 1 rings (SSSR count). The smallest absolute Gasteiger partial charge is 0.0743 e. The topological polar surface area (TPSA) is 47.7 Å². The van der Waals surface area contributed by atoms with Crippen LogP contribution < -0.4 is 5.73 Å². The number of nitrogens with two attached hydrogens (primary N) is 1. The first-order valence-electron chi connectivity index (χ1n) is 5.88. The van der Waals surface area contributed by atoms with Crippen LogP contribution in [0, 0.1) is 0 Å². The fraction of sp³-hybridized carbons (Fsp3) is 1.00. The lowest BCUT2D eigenvalue weighted by molar-refractivity contribution is 0.0195. The zero-order valence-corrected chi connectivity index (χ0v) is 9.95. The van der Waals surface area contributed by atoms with Crippen molar-refractivity contribution in [2.45, 2.75) is 31.9 Å². The van der Waals surface area contributed by atoms with Gasteiger partial charge in [-0.3, -0.25) is 4.90 Å². The summed E-state index contributed by atoms with van der Waals surface area (Å²) < 4.78 is 10.8. The maximum Gasteiger partial charge on any atom is 0.0743 e. The molecule has 0 radical (unpaired) electrons. The zero-order valence-electron chi connectivity index (χ0n) is 9.95. The summed E-state index contributed by atoms with van der Waals surface area (Å²) in [5, 5.41) is 0. The van der Waals surface area contributed by atoms with E-state index in [2.05, 4.69) is 11.8 Å². The molecule has 2 unspecified atom stereocenters. The lowest BCUT2D eigenvalue weighted by Gasteiger charge is -2.33. The van der Waals surface area contributed by atoms with Gasteiger partial charge in [0.25, 0.3) is 0 Å². The van der Waals surface area contributed by atoms with Crippen LogP contribution in [-0.2, 0) is 9.47 Å². The maximum absolute atomic E-state index is 5.84. The molecular weight excluding hydrogens is 192 g/mol. The summed E-state index contributed by atoms with van der Waals surface area (Å²) >= 11 is 0. The third kappa shape index (κ3) is 3.72. The van der Waals surface area contributed by atoms with Crippen molar-refractivity contribution >= 4 is 0 Å². The van der Waals surface area contributed by atoms with Gasteiger partial charge in [0.2, 0.25) is 0 Å². The molecule has 15 heavy (non-hydrogen) atoms. The highest BCUT2D eigenvalue weighted by molar-refractivity contribution is 4.83. The van der Waals surface area contributed by atoms with Crippen molar-refractivity contribution in [3.63, 3.8) is 0 Å². The van der Waals surface area contributed by atoms with Crippen LogP contribution in [0.25, 0.3) is 0 Å². The molecule has 4 nitrogen and oxygen atoms in total. The summed E-state index contributed by atoms with van der Waals surface area (Å²) in [6, 6.07) is 0.354. The van der Waals surface area contributed by atoms with Crippen LogP contribution in [0.2, 0.25) is 0 Å². The van der Waals surface area contributed by atoms with E-state index < -0.39 is 0 Å². The Morgan fingerprint density at radius 1 is 1.60 bits per heavy atom. The van der Waals surface area contributed by atoms with Gasteiger partial charge in [-0.25, -0.2) is 0 Å². The fourth-order valence-electron chi connectivity index (χ4n) is 2.21. The second-order valence-electron chi connectivity index (χ2n) is 3.98. The van der Waals surface area contributed by atoms with Crippen LogP contribution in [0.5, 0.6) is 0 Å². The highest BCUT2D eigenvalue weighted by Crippen LogP contribution is 2.19. The summed E-state index contributed by atoms with van der Waals surface area (Å²) in [6.45, 7) is 6.43. The highest BCUT2D eigenvalue weighted by atomic mass is 16.5. The second kappa shape index (κ2) is 7.17.